The highest BCUT2D eigenvalue weighted by atomic mass is 28.4. The Morgan fingerprint density at radius 2 is 1.43 bits per heavy atom. The second kappa shape index (κ2) is 10.6. The molecule has 1 aliphatic rings. The molecule has 4 aromatic rings. The molecule has 0 radical (unpaired) electrons. The third-order valence-electron chi connectivity index (χ3n) is 5.96. The van der Waals surface area contributed by atoms with Gasteiger partial charge in [-0.1, -0.05) is 71.4 Å². The molecule has 5 rings (SSSR count). The van der Waals surface area contributed by atoms with Crippen molar-refractivity contribution >= 4 is 15.6 Å². The van der Waals surface area contributed by atoms with E-state index < -0.39 is 21.2 Å². The van der Waals surface area contributed by atoms with Gasteiger partial charge in [-0.25, -0.2) is 9.55 Å². The van der Waals surface area contributed by atoms with Crippen LogP contribution in [0.2, 0.25) is 19.6 Å². The van der Waals surface area contributed by atoms with E-state index in [1.165, 1.54) is 11.1 Å². The number of nitrogens with zero attached hydrogens (tertiary/aromatic N) is 4. The molecule has 0 amide bonds. The normalized spacial score (nSPS) is 15.6. The molecule has 37 heavy (non-hydrogen) atoms. The van der Waals surface area contributed by atoms with Gasteiger partial charge in [0.25, 0.3) is 5.82 Å². The number of halogens is 4. The Hall–Kier alpha value is -3.31. The molecule has 0 spiro atoms. The Labute approximate surface area is 215 Å². The summed E-state index contributed by atoms with van der Waals surface area (Å²) in [5, 5.41) is 4.88. The van der Waals surface area contributed by atoms with Crippen molar-refractivity contribution in [1.29, 1.82) is 0 Å². The third-order valence-corrected chi connectivity index (χ3v) is 6.89. The van der Waals surface area contributed by atoms with Gasteiger partial charge in [0.05, 0.1) is 0 Å². The maximum atomic E-state index is 9.75. The quantitative estimate of drug-likeness (QED) is 0.172. The average molecular weight is 528 g/mol. The summed E-state index contributed by atoms with van der Waals surface area (Å²) < 4.78 is 50.4. The number of rotatable bonds is 6. The van der Waals surface area contributed by atoms with Crippen molar-refractivity contribution in [3.05, 3.63) is 108 Å². The highest BCUT2D eigenvalue weighted by Gasteiger charge is 2.52. The molecule has 2 aromatic heterocycles. The van der Waals surface area contributed by atoms with Gasteiger partial charge < -0.3 is 21.7 Å². The fraction of sp³-hybridized carbons (Fsp3) is 0.269. The molecule has 0 N–H and O–H groups in total. The molecular weight excluding hydrogens is 499 g/mol. The van der Waals surface area contributed by atoms with E-state index in [1.807, 2.05) is 22.9 Å². The number of hydrogen-bond acceptors (Lipinski definition) is 3. The lowest BCUT2D eigenvalue weighted by molar-refractivity contribution is -0.730. The SMILES string of the molecule is C[Si](C)(C)OC(c1ccccc1)(c1ccccc1)[C@@H]1CCc2nn(-c3ccccn3)c[n+]21.F[B-](F)(F)F. The molecule has 5 nitrogen and oxygen atoms in total. The Balaban J connectivity index is 0.000000586. The van der Waals surface area contributed by atoms with Crippen LogP contribution in [0.4, 0.5) is 17.3 Å². The number of hydrogen-bond donors (Lipinski definition) is 0. The minimum absolute atomic E-state index is 0.0893. The maximum Gasteiger partial charge on any atom is 0.673 e. The first-order chi connectivity index (χ1) is 17.5. The number of benzene rings is 2. The summed E-state index contributed by atoms with van der Waals surface area (Å²) >= 11 is 0. The molecule has 194 valence electrons. The van der Waals surface area contributed by atoms with Crippen LogP contribution in [0.5, 0.6) is 0 Å². The standard InChI is InChI=1S/C26H29N4OSi.BF4/c1-32(2,3)31-26(21-12-6-4-7-13-21,22-14-8-5-9-15-22)23-17-18-25-28-30(20-29(23)25)24-16-10-11-19-27-24;2-1(3,4)5/h4-16,19-20,23H,17-18H2,1-3H3;/q+1;-1/t23-;/m0./s1. The second-order valence-electron chi connectivity index (χ2n) is 9.80. The highest BCUT2D eigenvalue weighted by molar-refractivity contribution is 6.69. The van der Waals surface area contributed by atoms with Crippen molar-refractivity contribution in [3.63, 3.8) is 0 Å². The zero-order chi connectivity index (χ0) is 26.7. The van der Waals surface area contributed by atoms with E-state index in [0.717, 1.165) is 24.5 Å². The predicted molar refractivity (Wildman–Crippen MR) is 137 cm³/mol. The van der Waals surface area contributed by atoms with Crippen LogP contribution in [0.3, 0.4) is 0 Å². The van der Waals surface area contributed by atoms with Gasteiger partial charge >= 0.3 is 7.25 Å². The molecular formula is C26H29BF4N4OSi. The second-order valence-corrected chi connectivity index (χ2v) is 14.2. The zero-order valence-corrected chi connectivity index (χ0v) is 21.9. The Morgan fingerprint density at radius 3 is 1.92 bits per heavy atom. The van der Waals surface area contributed by atoms with Gasteiger partial charge in [-0.05, 0) is 43.3 Å². The van der Waals surface area contributed by atoms with E-state index in [4.69, 9.17) is 9.52 Å². The van der Waals surface area contributed by atoms with Gasteiger partial charge in [0.1, 0.15) is 11.6 Å². The minimum atomic E-state index is -6.00. The first kappa shape index (κ1) is 26.7. The lowest BCUT2D eigenvalue weighted by Crippen LogP contribution is -2.54. The molecule has 0 bridgehead atoms. The number of aromatic nitrogens is 4. The zero-order valence-electron chi connectivity index (χ0n) is 20.9. The van der Waals surface area contributed by atoms with Crippen LogP contribution in [0, 0.1) is 0 Å². The lowest BCUT2D eigenvalue weighted by Gasteiger charge is -2.43. The lowest BCUT2D eigenvalue weighted by atomic mass is 9.79. The first-order valence-corrected chi connectivity index (χ1v) is 15.5. The minimum Gasteiger partial charge on any atom is -0.418 e. The van der Waals surface area contributed by atoms with Gasteiger partial charge in [-0.2, -0.15) is 0 Å². The fourth-order valence-corrected chi connectivity index (χ4v) is 6.16. The fourth-order valence-electron chi connectivity index (χ4n) is 4.82. The van der Waals surface area contributed by atoms with Crippen LogP contribution in [0.1, 0.15) is 29.4 Å². The molecule has 0 aliphatic carbocycles. The molecule has 3 heterocycles. The monoisotopic (exact) mass is 528 g/mol. The number of aryl methyl sites for hydroxylation is 1. The van der Waals surface area contributed by atoms with E-state index in [1.54, 1.807) is 6.20 Å². The van der Waals surface area contributed by atoms with Gasteiger partial charge in [0.15, 0.2) is 8.32 Å². The number of fused-ring (bicyclic) bond motifs is 1. The summed E-state index contributed by atoms with van der Waals surface area (Å²) in [4.78, 5) is 4.49. The van der Waals surface area contributed by atoms with Crippen LogP contribution in [0.15, 0.2) is 91.4 Å². The molecule has 0 saturated heterocycles. The summed E-state index contributed by atoms with van der Waals surface area (Å²) in [5.41, 5.74) is 1.77. The van der Waals surface area contributed by atoms with Crippen molar-refractivity contribution in [1.82, 2.24) is 14.8 Å². The van der Waals surface area contributed by atoms with Gasteiger partial charge in [-0.15, -0.1) is 0 Å². The highest BCUT2D eigenvalue weighted by Crippen LogP contribution is 2.46. The largest absolute Gasteiger partial charge is 0.673 e. The predicted octanol–water partition coefficient (Wildman–Crippen LogP) is 6.14. The summed E-state index contributed by atoms with van der Waals surface area (Å²) in [6.45, 7) is 6.81. The van der Waals surface area contributed by atoms with Crippen molar-refractivity contribution in [2.75, 3.05) is 0 Å². The Bertz CT molecular complexity index is 1250. The molecule has 2 aromatic carbocycles. The molecule has 0 saturated carbocycles. The van der Waals surface area contributed by atoms with E-state index >= 15 is 0 Å². The average Bonchev–Trinajstić information content (AvgIpc) is 3.44. The summed E-state index contributed by atoms with van der Waals surface area (Å²) in [7, 11) is -7.96. The van der Waals surface area contributed by atoms with Crippen molar-refractivity contribution in [2.24, 2.45) is 0 Å². The maximum absolute atomic E-state index is 9.75. The van der Waals surface area contributed by atoms with Crippen LogP contribution in [0.25, 0.3) is 5.82 Å². The smallest absolute Gasteiger partial charge is 0.418 e. The van der Waals surface area contributed by atoms with Crippen LogP contribution in [-0.4, -0.2) is 30.3 Å². The molecule has 0 unspecified atom stereocenters. The molecule has 1 atom stereocenters. The number of pyridine rings is 1. The molecule has 0 fully saturated rings. The van der Waals surface area contributed by atoms with Crippen molar-refractivity contribution in [2.45, 2.75) is 44.1 Å². The van der Waals surface area contributed by atoms with Gasteiger partial charge in [0, 0.05) is 23.8 Å². The van der Waals surface area contributed by atoms with E-state index in [2.05, 4.69) is 96.2 Å². The van der Waals surface area contributed by atoms with Gasteiger partial charge in [0.2, 0.25) is 12.1 Å². The van der Waals surface area contributed by atoms with Crippen LogP contribution in [-0.2, 0) is 16.4 Å². The summed E-state index contributed by atoms with van der Waals surface area (Å²) in [5.74, 6) is 1.89. The Morgan fingerprint density at radius 1 is 0.892 bits per heavy atom. The topological polar surface area (TPSA) is 43.8 Å². The van der Waals surface area contributed by atoms with Crippen molar-refractivity contribution in [3.8, 4) is 5.82 Å². The van der Waals surface area contributed by atoms with Crippen LogP contribution >= 0.6 is 0 Å². The van der Waals surface area contributed by atoms with E-state index in [-0.39, 0.29) is 6.04 Å². The van der Waals surface area contributed by atoms with E-state index in [0.29, 0.717) is 0 Å². The Kier molecular flexibility index (Phi) is 7.65. The molecule has 1 aliphatic heterocycles. The first-order valence-electron chi connectivity index (χ1n) is 12.1. The summed E-state index contributed by atoms with van der Waals surface area (Å²) in [6, 6.07) is 27.4. The van der Waals surface area contributed by atoms with Gasteiger partial charge in [-0.3, -0.25) is 0 Å². The molecule has 11 heteroatoms. The van der Waals surface area contributed by atoms with Crippen LogP contribution < -0.4 is 4.57 Å². The summed E-state index contributed by atoms with van der Waals surface area (Å²) in [6.07, 6.45) is 5.76. The van der Waals surface area contributed by atoms with Crippen molar-refractivity contribution < 1.29 is 26.3 Å². The third kappa shape index (κ3) is 6.34. The van der Waals surface area contributed by atoms with E-state index in [9.17, 15) is 17.3 Å².